The molecule has 0 spiro atoms. The molecule has 23 heavy (non-hydrogen) atoms. The molecule has 1 saturated heterocycles. The molecule has 3 atom stereocenters. The standard InChI is InChI=1S/C18H22O5/c1-5-22-16(20)13-14(18(3,4)23-17(13)21)11(2)15(19)12-9-7-6-8-10-12/h6-11,13-14H,5H2,1-4H3/t11-,13+,14+/m1/s1. The molecule has 0 bridgehead atoms. The van der Waals surface area contributed by atoms with Gasteiger partial charge in [0.1, 0.15) is 5.60 Å². The Hall–Kier alpha value is -2.17. The summed E-state index contributed by atoms with van der Waals surface area (Å²) in [6, 6.07) is 8.84. The fourth-order valence-corrected chi connectivity index (χ4v) is 3.33. The molecule has 1 fully saturated rings. The van der Waals surface area contributed by atoms with E-state index in [1.54, 1.807) is 52.0 Å². The van der Waals surface area contributed by atoms with Crippen molar-refractivity contribution in [1.29, 1.82) is 0 Å². The molecule has 0 saturated carbocycles. The maximum Gasteiger partial charge on any atom is 0.321 e. The van der Waals surface area contributed by atoms with E-state index < -0.39 is 35.3 Å². The second-order valence-electron chi connectivity index (χ2n) is 6.30. The summed E-state index contributed by atoms with van der Waals surface area (Å²) in [7, 11) is 0. The fraction of sp³-hybridized carbons (Fsp3) is 0.500. The first-order valence-corrected chi connectivity index (χ1v) is 7.78. The molecule has 1 aromatic rings. The van der Waals surface area contributed by atoms with Gasteiger partial charge < -0.3 is 9.47 Å². The number of ether oxygens (including phenoxy) is 2. The number of esters is 2. The molecule has 1 aliphatic heterocycles. The third kappa shape index (κ3) is 3.28. The average molecular weight is 318 g/mol. The van der Waals surface area contributed by atoms with Crippen molar-refractivity contribution >= 4 is 17.7 Å². The third-order valence-corrected chi connectivity index (χ3v) is 4.33. The maximum absolute atomic E-state index is 12.7. The van der Waals surface area contributed by atoms with Crippen LogP contribution in [0.2, 0.25) is 0 Å². The maximum atomic E-state index is 12.7. The molecule has 0 amide bonds. The molecule has 124 valence electrons. The SMILES string of the molecule is CCOC(=O)[C@H]1C(=O)OC(C)(C)[C@H]1[C@@H](C)C(=O)c1ccccc1. The Morgan fingerprint density at radius 3 is 2.43 bits per heavy atom. The van der Waals surface area contributed by atoms with Crippen molar-refractivity contribution in [3.8, 4) is 0 Å². The van der Waals surface area contributed by atoms with Crippen molar-refractivity contribution in [2.45, 2.75) is 33.3 Å². The number of hydrogen-bond donors (Lipinski definition) is 0. The molecule has 0 unspecified atom stereocenters. The summed E-state index contributed by atoms with van der Waals surface area (Å²) in [5, 5.41) is 0. The predicted octanol–water partition coefficient (Wildman–Crippen LogP) is 2.64. The summed E-state index contributed by atoms with van der Waals surface area (Å²) >= 11 is 0. The Bertz CT molecular complexity index is 605. The largest absolute Gasteiger partial charge is 0.465 e. The number of cyclic esters (lactones) is 1. The van der Waals surface area contributed by atoms with Gasteiger partial charge in [-0.15, -0.1) is 0 Å². The summed E-state index contributed by atoms with van der Waals surface area (Å²) in [6.07, 6.45) is 0. The molecule has 0 radical (unpaired) electrons. The fourth-order valence-electron chi connectivity index (χ4n) is 3.33. The van der Waals surface area contributed by atoms with Crippen molar-refractivity contribution in [3.05, 3.63) is 35.9 Å². The zero-order valence-electron chi connectivity index (χ0n) is 13.9. The van der Waals surface area contributed by atoms with E-state index in [0.717, 1.165) is 0 Å². The highest BCUT2D eigenvalue weighted by Gasteiger charge is 2.57. The number of benzene rings is 1. The van der Waals surface area contributed by atoms with Crippen LogP contribution in [0, 0.1) is 17.8 Å². The van der Waals surface area contributed by atoms with Gasteiger partial charge in [-0.05, 0) is 20.8 Å². The highest BCUT2D eigenvalue weighted by Crippen LogP contribution is 2.43. The number of carbonyl (C=O) groups excluding carboxylic acids is 3. The Morgan fingerprint density at radius 2 is 1.87 bits per heavy atom. The molecule has 5 nitrogen and oxygen atoms in total. The summed E-state index contributed by atoms with van der Waals surface area (Å²) in [6.45, 7) is 7.04. The normalized spacial score (nSPS) is 23.9. The molecule has 0 aromatic heterocycles. The van der Waals surface area contributed by atoms with Crippen molar-refractivity contribution in [3.63, 3.8) is 0 Å². The van der Waals surface area contributed by atoms with Gasteiger partial charge in [0.2, 0.25) is 0 Å². The summed E-state index contributed by atoms with van der Waals surface area (Å²) in [4.78, 5) is 37.1. The topological polar surface area (TPSA) is 69.7 Å². The molecule has 5 heteroatoms. The summed E-state index contributed by atoms with van der Waals surface area (Å²) in [5.74, 6) is -3.54. The van der Waals surface area contributed by atoms with E-state index >= 15 is 0 Å². The Labute approximate surface area is 136 Å². The van der Waals surface area contributed by atoms with Crippen LogP contribution < -0.4 is 0 Å². The number of carbonyl (C=O) groups is 3. The molecule has 1 aromatic carbocycles. The first-order chi connectivity index (χ1) is 10.8. The second kappa shape index (κ2) is 6.52. The van der Waals surface area contributed by atoms with Gasteiger partial charge in [0.25, 0.3) is 0 Å². The highest BCUT2D eigenvalue weighted by atomic mass is 16.6. The van der Waals surface area contributed by atoms with Crippen LogP contribution in [-0.2, 0) is 19.1 Å². The Kier molecular flexibility index (Phi) is 4.88. The number of ketones is 1. The van der Waals surface area contributed by atoms with Gasteiger partial charge in [0, 0.05) is 17.4 Å². The molecule has 0 N–H and O–H groups in total. The van der Waals surface area contributed by atoms with Crippen LogP contribution in [0.5, 0.6) is 0 Å². The van der Waals surface area contributed by atoms with E-state index in [9.17, 15) is 14.4 Å². The van der Waals surface area contributed by atoms with Crippen LogP contribution >= 0.6 is 0 Å². The van der Waals surface area contributed by atoms with Crippen LogP contribution in [0.3, 0.4) is 0 Å². The number of rotatable bonds is 5. The molecular weight excluding hydrogens is 296 g/mol. The Morgan fingerprint density at radius 1 is 1.26 bits per heavy atom. The van der Waals surface area contributed by atoms with Crippen molar-refractivity contribution in [2.75, 3.05) is 6.61 Å². The predicted molar refractivity (Wildman–Crippen MR) is 83.7 cm³/mol. The molecular formula is C18H22O5. The lowest BCUT2D eigenvalue weighted by atomic mass is 9.72. The lowest BCUT2D eigenvalue weighted by molar-refractivity contribution is -0.157. The van der Waals surface area contributed by atoms with E-state index in [-0.39, 0.29) is 12.4 Å². The van der Waals surface area contributed by atoms with Gasteiger partial charge in [-0.3, -0.25) is 14.4 Å². The quantitative estimate of drug-likeness (QED) is 0.474. The molecule has 1 heterocycles. The van der Waals surface area contributed by atoms with Crippen LogP contribution in [0.4, 0.5) is 0 Å². The van der Waals surface area contributed by atoms with E-state index in [2.05, 4.69) is 0 Å². The van der Waals surface area contributed by atoms with Gasteiger partial charge in [0.05, 0.1) is 6.61 Å². The van der Waals surface area contributed by atoms with Crippen LogP contribution in [-0.4, -0.2) is 29.9 Å². The van der Waals surface area contributed by atoms with E-state index in [1.165, 1.54) is 0 Å². The van der Waals surface area contributed by atoms with Crippen LogP contribution in [0.1, 0.15) is 38.1 Å². The van der Waals surface area contributed by atoms with E-state index in [1.807, 2.05) is 6.07 Å². The van der Waals surface area contributed by atoms with Gasteiger partial charge in [-0.25, -0.2) is 0 Å². The zero-order valence-corrected chi connectivity index (χ0v) is 13.9. The number of Topliss-reactive ketones (excluding diaryl/α,β-unsaturated/α-hetero) is 1. The minimum absolute atomic E-state index is 0.115. The first kappa shape index (κ1) is 17.2. The zero-order chi connectivity index (χ0) is 17.2. The smallest absolute Gasteiger partial charge is 0.321 e. The molecule has 2 rings (SSSR count). The second-order valence-corrected chi connectivity index (χ2v) is 6.30. The highest BCUT2D eigenvalue weighted by molar-refractivity contribution is 6.01. The molecule has 0 aliphatic carbocycles. The van der Waals surface area contributed by atoms with E-state index in [0.29, 0.717) is 5.56 Å². The van der Waals surface area contributed by atoms with Gasteiger partial charge in [-0.2, -0.15) is 0 Å². The molecule has 1 aliphatic rings. The Balaban J connectivity index is 2.34. The number of hydrogen-bond acceptors (Lipinski definition) is 5. The monoisotopic (exact) mass is 318 g/mol. The summed E-state index contributed by atoms with van der Waals surface area (Å²) < 4.78 is 10.4. The average Bonchev–Trinajstić information content (AvgIpc) is 2.75. The van der Waals surface area contributed by atoms with E-state index in [4.69, 9.17) is 9.47 Å². The minimum atomic E-state index is -1.06. The first-order valence-electron chi connectivity index (χ1n) is 7.78. The van der Waals surface area contributed by atoms with Crippen LogP contribution in [0.15, 0.2) is 30.3 Å². The van der Waals surface area contributed by atoms with Crippen molar-refractivity contribution in [2.24, 2.45) is 17.8 Å². The lowest BCUT2D eigenvalue weighted by Crippen LogP contribution is -2.41. The summed E-state index contributed by atoms with van der Waals surface area (Å²) in [5.41, 5.74) is -0.351. The van der Waals surface area contributed by atoms with Crippen LogP contribution in [0.25, 0.3) is 0 Å². The van der Waals surface area contributed by atoms with Gasteiger partial charge in [-0.1, -0.05) is 37.3 Å². The minimum Gasteiger partial charge on any atom is -0.465 e. The van der Waals surface area contributed by atoms with Crippen molar-refractivity contribution in [1.82, 2.24) is 0 Å². The van der Waals surface area contributed by atoms with Crippen molar-refractivity contribution < 1.29 is 23.9 Å². The third-order valence-electron chi connectivity index (χ3n) is 4.33. The lowest BCUT2D eigenvalue weighted by Gasteiger charge is -2.30. The van der Waals surface area contributed by atoms with Gasteiger partial charge in [0.15, 0.2) is 11.7 Å². The van der Waals surface area contributed by atoms with Gasteiger partial charge >= 0.3 is 11.9 Å².